The lowest BCUT2D eigenvalue weighted by Gasteiger charge is -2.06. The van der Waals surface area contributed by atoms with Crippen molar-refractivity contribution in [3.05, 3.63) is 58.2 Å². The summed E-state index contributed by atoms with van der Waals surface area (Å²) in [4.78, 5) is 9.15. The Morgan fingerprint density at radius 3 is 2.75 bits per heavy atom. The van der Waals surface area contributed by atoms with Gasteiger partial charge in [-0.3, -0.25) is 9.36 Å². The Labute approximate surface area is 169 Å². The van der Waals surface area contributed by atoms with Gasteiger partial charge in [0.05, 0.1) is 34.0 Å². The Hall–Kier alpha value is -3.07. The molecule has 0 unspecified atom stereocenters. The molecule has 0 spiro atoms. The van der Waals surface area contributed by atoms with Gasteiger partial charge < -0.3 is 0 Å². The molecule has 8 nitrogen and oxygen atoms in total. The highest BCUT2D eigenvalue weighted by atomic mass is 79.9. The highest BCUT2D eigenvalue weighted by Crippen LogP contribution is 2.23. The molecule has 9 heteroatoms. The number of rotatable bonds is 3. The second kappa shape index (κ2) is 6.23. The molecule has 0 saturated carbocycles. The van der Waals surface area contributed by atoms with Gasteiger partial charge in [0, 0.05) is 12.6 Å². The SMILES string of the molecule is Cc1nn(Cc2cccc(-c3nc4c5cnn(C)c5ncn4n3)c2)c(C)c1Br. The van der Waals surface area contributed by atoms with Gasteiger partial charge in [0.25, 0.3) is 0 Å². The zero-order valence-corrected chi connectivity index (χ0v) is 17.2. The van der Waals surface area contributed by atoms with Crippen LogP contribution in [0.2, 0.25) is 0 Å². The summed E-state index contributed by atoms with van der Waals surface area (Å²) in [6.45, 7) is 4.75. The summed E-state index contributed by atoms with van der Waals surface area (Å²) in [5.74, 6) is 0.662. The van der Waals surface area contributed by atoms with Gasteiger partial charge in [-0.2, -0.15) is 10.2 Å². The van der Waals surface area contributed by atoms with Crippen LogP contribution in [0.25, 0.3) is 28.1 Å². The lowest BCUT2D eigenvalue weighted by Crippen LogP contribution is -2.04. The summed E-state index contributed by atoms with van der Waals surface area (Å²) in [6.07, 6.45) is 3.44. The molecule has 140 valence electrons. The Bertz CT molecular complexity index is 1340. The van der Waals surface area contributed by atoms with Crippen LogP contribution >= 0.6 is 15.9 Å². The predicted molar refractivity (Wildman–Crippen MR) is 109 cm³/mol. The van der Waals surface area contributed by atoms with Gasteiger partial charge >= 0.3 is 0 Å². The molecule has 0 bridgehead atoms. The maximum Gasteiger partial charge on any atom is 0.182 e. The number of fused-ring (bicyclic) bond motifs is 3. The first-order chi connectivity index (χ1) is 13.5. The largest absolute Gasteiger partial charge is 0.264 e. The minimum Gasteiger partial charge on any atom is -0.264 e. The summed E-state index contributed by atoms with van der Waals surface area (Å²) < 4.78 is 6.48. The Morgan fingerprint density at radius 2 is 1.96 bits per heavy atom. The maximum absolute atomic E-state index is 4.74. The second-order valence-corrected chi connectivity index (χ2v) is 7.59. The van der Waals surface area contributed by atoms with Crippen molar-refractivity contribution >= 4 is 32.6 Å². The first kappa shape index (κ1) is 17.1. The summed E-state index contributed by atoms with van der Waals surface area (Å²) in [5, 5.41) is 14.3. The van der Waals surface area contributed by atoms with Crippen molar-refractivity contribution in [2.24, 2.45) is 7.05 Å². The number of hydrogen-bond acceptors (Lipinski definition) is 5. The van der Waals surface area contributed by atoms with Gasteiger partial charge in [-0.05, 0) is 41.4 Å². The molecule has 1 aromatic carbocycles. The van der Waals surface area contributed by atoms with E-state index in [-0.39, 0.29) is 0 Å². The van der Waals surface area contributed by atoms with Crippen LogP contribution in [0.5, 0.6) is 0 Å². The van der Waals surface area contributed by atoms with Gasteiger partial charge in [0.1, 0.15) is 6.33 Å². The number of aromatic nitrogens is 8. The van der Waals surface area contributed by atoms with Gasteiger partial charge in [0.2, 0.25) is 0 Å². The van der Waals surface area contributed by atoms with E-state index in [0.717, 1.165) is 43.7 Å². The minimum absolute atomic E-state index is 0.662. The van der Waals surface area contributed by atoms with E-state index in [9.17, 15) is 0 Å². The average molecular weight is 437 g/mol. The fraction of sp³-hybridized carbons (Fsp3) is 0.211. The van der Waals surface area contributed by atoms with Crippen LogP contribution in [0, 0.1) is 13.8 Å². The molecule has 0 aliphatic heterocycles. The lowest BCUT2D eigenvalue weighted by atomic mass is 10.1. The first-order valence-corrected chi connectivity index (χ1v) is 9.62. The van der Waals surface area contributed by atoms with Crippen molar-refractivity contribution < 1.29 is 0 Å². The fourth-order valence-electron chi connectivity index (χ4n) is 3.37. The molecule has 0 amide bonds. The topological polar surface area (TPSA) is 78.7 Å². The van der Waals surface area contributed by atoms with Crippen molar-refractivity contribution in [1.82, 2.24) is 39.1 Å². The van der Waals surface area contributed by atoms with E-state index in [4.69, 9.17) is 4.98 Å². The molecule has 0 aliphatic carbocycles. The third-order valence-corrected chi connectivity index (χ3v) is 6.03. The van der Waals surface area contributed by atoms with Crippen LogP contribution in [0.1, 0.15) is 17.0 Å². The Morgan fingerprint density at radius 1 is 1.11 bits per heavy atom. The monoisotopic (exact) mass is 436 g/mol. The van der Waals surface area contributed by atoms with Crippen LogP contribution in [-0.2, 0) is 13.6 Å². The molecule has 0 N–H and O–H groups in total. The predicted octanol–water partition coefficient (Wildman–Crippen LogP) is 3.30. The molecule has 5 aromatic rings. The molecular formula is C19H17BrN8. The number of halogens is 1. The van der Waals surface area contributed by atoms with Crippen LogP contribution in [-0.4, -0.2) is 39.1 Å². The van der Waals surface area contributed by atoms with Gasteiger partial charge in [-0.15, -0.1) is 5.10 Å². The molecule has 4 aromatic heterocycles. The molecule has 0 aliphatic rings. The van der Waals surface area contributed by atoms with Crippen LogP contribution in [0.3, 0.4) is 0 Å². The lowest BCUT2D eigenvalue weighted by molar-refractivity contribution is 0.659. The smallest absolute Gasteiger partial charge is 0.182 e. The summed E-state index contributed by atoms with van der Waals surface area (Å²) in [6, 6.07) is 8.23. The van der Waals surface area contributed by atoms with Crippen LogP contribution in [0.4, 0.5) is 0 Å². The molecule has 0 radical (unpaired) electrons. The number of aryl methyl sites for hydroxylation is 2. The number of benzene rings is 1. The van der Waals surface area contributed by atoms with E-state index in [1.807, 2.05) is 30.8 Å². The van der Waals surface area contributed by atoms with E-state index in [0.29, 0.717) is 12.4 Å². The van der Waals surface area contributed by atoms with Crippen molar-refractivity contribution in [2.45, 2.75) is 20.4 Å². The standard InChI is InChI=1S/C19H17BrN8/c1-11-16(20)12(2)27(24-11)9-13-5-4-6-14(7-13)17-23-19-15-8-22-26(3)18(15)21-10-28(19)25-17/h4-8,10H,9H2,1-3H3. The summed E-state index contributed by atoms with van der Waals surface area (Å²) in [5.41, 5.74) is 5.73. The van der Waals surface area contributed by atoms with E-state index in [2.05, 4.69) is 55.3 Å². The third kappa shape index (κ3) is 2.62. The molecule has 28 heavy (non-hydrogen) atoms. The molecule has 5 rings (SSSR count). The molecule has 0 atom stereocenters. The van der Waals surface area contributed by atoms with Gasteiger partial charge in [-0.25, -0.2) is 14.5 Å². The van der Waals surface area contributed by atoms with Crippen LogP contribution < -0.4 is 0 Å². The third-order valence-electron chi connectivity index (χ3n) is 4.88. The molecule has 4 heterocycles. The Balaban J connectivity index is 1.55. The van der Waals surface area contributed by atoms with E-state index in [1.165, 1.54) is 0 Å². The van der Waals surface area contributed by atoms with E-state index < -0.39 is 0 Å². The number of hydrogen-bond donors (Lipinski definition) is 0. The Kier molecular flexibility index (Phi) is 3.80. The zero-order valence-electron chi connectivity index (χ0n) is 15.6. The molecule has 0 fully saturated rings. The van der Waals surface area contributed by atoms with E-state index >= 15 is 0 Å². The van der Waals surface area contributed by atoms with Gasteiger partial charge in [0.15, 0.2) is 17.1 Å². The molecule has 0 saturated heterocycles. The van der Waals surface area contributed by atoms with Crippen molar-refractivity contribution in [2.75, 3.05) is 0 Å². The second-order valence-electron chi connectivity index (χ2n) is 6.80. The highest BCUT2D eigenvalue weighted by Gasteiger charge is 2.14. The maximum atomic E-state index is 4.74. The summed E-state index contributed by atoms with van der Waals surface area (Å²) in [7, 11) is 1.87. The first-order valence-electron chi connectivity index (χ1n) is 8.83. The normalized spacial score (nSPS) is 11.7. The molecular weight excluding hydrogens is 420 g/mol. The average Bonchev–Trinajstić information content (AvgIpc) is 3.35. The van der Waals surface area contributed by atoms with E-state index in [1.54, 1.807) is 21.7 Å². The van der Waals surface area contributed by atoms with Crippen molar-refractivity contribution in [1.29, 1.82) is 0 Å². The zero-order chi connectivity index (χ0) is 19.4. The van der Waals surface area contributed by atoms with Gasteiger partial charge in [-0.1, -0.05) is 18.2 Å². The minimum atomic E-state index is 0.662. The van der Waals surface area contributed by atoms with Crippen molar-refractivity contribution in [3.8, 4) is 11.4 Å². The summed E-state index contributed by atoms with van der Waals surface area (Å²) >= 11 is 3.59. The highest BCUT2D eigenvalue weighted by molar-refractivity contribution is 9.10. The fourth-order valence-corrected chi connectivity index (χ4v) is 3.66. The number of nitrogens with zero attached hydrogens (tertiary/aromatic N) is 8. The van der Waals surface area contributed by atoms with Crippen LogP contribution in [0.15, 0.2) is 41.3 Å². The van der Waals surface area contributed by atoms with Crippen molar-refractivity contribution in [3.63, 3.8) is 0 Å². The quantitative estimate of drug-likeness (QED) is 0.433.